The molecule has 0 aromatic carbocycles. The van der Waals surface area contributed by atoms with Crippen molar-refractivity contribution in [2.24, 2.45) is 0 Å². The van der Waals surface area contributed by atoms with Gasteiger partial charge < -0.3 is 15.5 Å². The summed E-state index contributed by atoms with van der Waals surface area (Å²) in [6, 6.07) is 4.25. The minimum atomic E-state index is 0. The molecule has 5 nitrogen and oxygen atoms in total. The molecule has 1 atom stereocenters. The van der Waals surface area contributed by atoms with E-state index in [0.29, 0.717) is 12.2 Å². The lowest BCUT2D eigenvalue weighted by Crippen LogP contribution is -2.40. The van der Waals surface area contributed by atoms with E-state index < -0.39 is 0 Å². The number of carbonyl (C=O) groups excluding carboxylic acids is 1. The molecule has 0 aliphatic carbocycles. The zero-order chi connectivity index (χ0) is 15.2. The number of carbonyl (C=O) groups is 1. The zero-order valence-corrected chi connectivity index (χ0v) is 16.2. The zero-order valence-electron chi connectivity index (χ0n) is 13.7. The molecule has 0 radical (unpaired) electrons. The van der Waals surface area contributed by atoms with Gasteiger partial charge in [0.1, 0.15) is 5.82 Å². The number of hydrogen-bond donors (Lipinski definition) is 2. The Morgan fingerprint density at radius 3 is 2.71 bits per heavy atom. The van der Waals surface area contributed by atoms with Crippen LogP contribution in [0.25, 0.3) is 0 Å². The van der Waals surface area contributed by atoms with Gasteiger partial charge in [-0.3, -0.25) is 4.79 Å². The number of halogens is 2. The van der Waals surface area contributed by atoms with Gasteiger partial charge >= 0.3 is 0 Å². The van der Waals surface area contributed by atoms with Gasteiger partial charge in [0.2, 0.25) is 5.91 Å². The van der Waals surface area contributed by atoms with Crippen molar-refractivity contribution < 1.29 is 4.79 Å². The normalized spacial score (nSPS) is 20.5. The highest BCUT2D eigenvalue weighted by molar-refractivity contribution is 7.99. The Morgan fingerprint density at radius 1 is 1.29 bits per heavy atom. The van der Waals surface area contributed by atoms with Crippen LogP contribution in [0.3, 0.4) is 0 Å². The highest BCUT2D eigenvalue weighted by Crippen LogP contribution is 2.20. The summed E-state index contributed by atoms with van der Waals surface area (Å²) in [7, 11) is 0. The van der Waals surface area contributed by atoms with Crippen LogP contribution < -0.4 is 15.5 Å². The molecular weight excluding hydrogens is 367 g/mol. The SMILES string of the molecule is Cl.Cl.O=C(CC1CSCCN1)Nc1ccc(N2CCCCC2)cn1. The summed E-state index contributed by atoms with van der Waals surface area (Å²) in [5.41, 5.74) is 1.16. The van der Waals surface area contributed by atoms with E-state index >= 15 is 0 Å². The van der Waals surface area contributed by atoms with Gasteiger partial charge in [0.15, 0.2) is 0 Å². The molecule has 2 fully saturated rings. The number of rotatable bonds is 4. The number of piperidine rings is 1. The van der Waals surface area contributed by atoms with Crippen molar-refractivity contribution in [2.75, 3.05) is 41.4 Å². The van der Waals surface area contributed by atoms with Crippen LogP contribution >= 0.6 is 36.6 Å². The summed E-state index contributed by atoms with van der Waals surface area (Å²) >= 11 is 1.91. The Bertz CT molecular complexity index is 491. The molecule has 1 aromatic heterocycles. The lowest BCUT2D eigenvalue weighted by Gasteiger charge is -2.28. The molecular formula is C16H26Cl2N4OS. The van der Waals surface area contributed by atoms with Crippen LogP contribution in [-0.4, -0.2) is 48.1 Å². The number of nitrogens with zero attached hydrogens (tertiary/aromatic N) is 2. The number of amides is 1. The molecule has 1 amide bonds. The monoisotopic (exact) mass is 392 g/mol. The summed E-state index contributed by atoms with van der Waals surface area (Å²) < 4.78 is 0. The number of thioether (sulfide) groups is 1. The van der Waals surface area contributed by atoms with Crippen LogP contribution in [0.4, 0.5) is 11.5 Å². The van der Waals surface area contributed by atoms with Crippen LogP contribution in [0.15, 0.2) is 18.3 Å². The first-order valence-electron chi connectivity index (χ1n) is 8.13. The maximum absolute atomic E-state index is 12.1. The minimum Gasteiger partial charge on any atom is -0.370 e. The summed E-state index contributed by atoms with van der Waals surface area (Å²) in [4.78, 5) is 18.8. The van der Waals surface area contributed by atoms with Gasteiger partial charge in [-0.05, 0) is 31.4 Å². The Hall–Kier alpha value is -0.690. The van der Waals surface area contributed by atoms with Crippen molar-refractivity contribution in [3.05, 3.63) is 18.3 Å². The average molecular weight is 393 g/mol. The van der Waals surface area contributed by atoms with Gasteiger partial charge in [0.05, 0.1) is 11.9 Å². The van der Waals surface area contributed by atoms with Gasteiger partial charge in [-0.25, -0.2) is 4.98 Å². The summed E-state index contributed by atoms with van der Waals surface area (Å²) in [5, 5.41) is 6.28. The molecule has 136 valence electrons. The molecule has 24 heavy (non-hydrogen) atoms. The number of anilines is 2. The second-order valence-electron chi connectivity index (χ2n) is 5.93. The first kappa shape index (κ1) is 21.4. The van der Waals surface area contributed by atoms with E-state index in [9.17, 15) is 4.79 Å². The molecule has 8 heteroatoms. The van der Waals surface area contributed by atoms with Crippen molar-refractivity contribution >= 4 is 54.0 Å². The Morgan fingerprint density at radius 2 is 2.08 bits per heavy atom. The van der Waals surface area contributed by atoms with E-state index in [1.807, 2.05) is 24.0 Å². The van der Waals surface area contributed by atoms with E-state index in [-0.39, 0.29) is 36.8 Å². The molecule has 1 aromatic rings. The first-order valence-corrected chi connectivity index (χ1v) is 9.29. The molecule has 3 heterocycles. The van der Waals surface area contributed by atoms with E-state index in [1.165, 1.54) is 19.3 Å². The third-order valence-corrected chi connectivity index (χ3v) is 5.30. The van der Waals surface area contributed by atoms with Crippen molar-refractivity contribution in [2.45, 2.75) is 31.7 Å². The maximum Gasteiger partial charge on any atom is 0.227 e. The van der Waals surface area contributed by atoms with Crippen LogP contribution in [0.2, 0.25) is 0 Å². The Labute approximate surface area is 160 Å². The van der Waals surface area contributed by atoms with Gasteiger partial charge in [0.25, 0.3) is 0 Å². The predicted octanol–water partition coefficient (Wildman–Crippen LogP) is 2.95. The average Bonchev–Trinajstić information content (AvgIpc) is 2.57. The standard InChI is InChI=1S/C16H24N4OS.2ClH/c21-16(10-13-12-22-9-6-17-13)19-15-5-4-14(11-18-15)20-7-2-1-3-8-20;;/h4-5,11,13,17H,1-3,6-10,12H2,(H,18,19,21);2*1H. The maximum atomic E-state index is 12.1. The fourth-order valence-electron chi connectivity index (χ4n) is 2.97. The second-order valence-corrected chi connectivity index (χ2v) is 7.08. The Balaban J connectivity index is 0.00000144. The van der Waals surface area contributed by atoms with Crippen LogP contribution in [-0.2, 0) is 4.79 Å². The predicted molar refractivity (Wildman–Crippen MR) is 107 cm³/mol. The first-order chi connectivity index (χ1) is 10.8. The second kappa shape index (κ2) is 11.0. The molecule has 2 aliphatic heterocycles. The summed E-state index contributed by atoms with van der Waals surface area (Å²) in [6.07, 6.45) is 6.22. The highest BCUT2D eigenvalue weighted by atomic mass is 35.5. The van der Waals surface area contributed by atoms with Crippen LogP contribution in [0.5, 0.6) is 0 Å². The number of aromatic nitrogens is 1. The van der Waals surface area contributed by atoms with E-state index in [1.54, 1.807) is 0 Å². The molecule has 1 unspecified atom stereocenters. The van der Waals surface area contributed by atoms with Crippen molar-refractivity contribution in [3.63, 3.8) is 0 Å². The fraction of sp³-hybridized carbons (Fsp3) is 0.625. The van der Waals surface area contributed by atoms with E-state index in [0.717, 1.165) is 36.8 Å². The molecule has 0 bridgehead atoms. The highest BCUT2D eigenvalue weighted by Gasteiger charge is 2.17. The number of nitrogens with one attached hydrogen (secondary N) is 2. The number of hydrogen-bond acceptors (Lipinski definition) is 5. The quantitative estimate of drug-likeness (QED) is 0.824. The van der Waals surface area contributed by atoms with Crippen molar-refractivity contribution in [1.82, 2.24) is 10.3 Å². The van der Waals surface area contributed by atoms with Gasteiger partial charge in [0, 0.05) is 43.6 Å². The fourth-order valence-corrected chi connectivity index (χ4v) is 3.92. The molecule has 3 rings (SSSR count). The summed E-state index contributed by atoms with van der Waals surface area (Å²) in [5.74, 6) is 2.83. The summed E-state index contributed by atoms with van der Waals surface area (Å²) in [6.45, 7) is 3.21. The molecule has 2 aliphatic rings. The Kier molecular flexibility index (Phi) is 9.81. The van der Waals surface area contributed by atoms with E-state index in [2.05, 4.69) is 26.6 Å². The minimum absolute atomic E-state index is 0. The topological polar surface area (TPSA) is 57.3 Å². The molecule has 0 saturated carbocycles. The van der Waals surface area contributed by atoms with E-state index in [4.69, 9.17) is 0 Å². The van der Waals surface area contributed by atoms with Crippen molar-refractivity contribution in [3.8, 4) is 0 Å². The van der Waals surface area contributed by atoms with Gasteiger partial charge in [-0.15, -0.1) is 24.8 Å². The van der Waals surface area contributed by atoms with Crippen LogP contribution in [0, 0.1) is 0 Å². The largest absolute Gasteiger partial charge is 0.370 e. The van der Waals surface area contributed by atoms with Gasteiger partial charge in [-0.1, -0.05) is 0 Å². The number of pyridine rings is 1. The lowest BCUT2D eigenvalue weighted by molar-refractivity contribution is -0.116. The third kappa shape index (κ3) is 6.31. The van der Waals surface area contributed by atoms with Gasteiger partial charge in [-0.2, -0.15) is 11.8 Å². The molecule has 2 N–H and O–H groups in total. The van der Waals surface area contributed by atoms with Crippen LogP contribution in [0.1, 0.15) is 25.7 Å². The third-order valence-electron chi connectivity index (χ3n) is 4.17. The smallest absolute Gasteiger partial charge is 0.227 e. The molecule has 2 saturated heterocycles. The molecule has 0 spiro atoms. The lowest BCUT2D eigenvalue weighted by atomic mass is 10.1. The van der Waals surface area contributed by atoms with Crippen molar-refractivity contribution in [1.29, 1.82) is 0 Å².